The summed E-state index contributed by atoms with van der Waals surface area (Å²) in [5, 5.41) is 1.60. The van der Waals surface area contributed by atoms with E-state index in [0.29, 0.717) is 6.54 Å². The van der Waals surface area contributed by atoms with Crippen LogP contribution in [0, 0.1) is 27.7 Å². The van der Waals surface area contributed by atoms with Gasteiger partial charge in [0.05, 0.1) is 5.39 Å². The Labute approximate surface area is 150 Å². The third-order valence-electron chi connectivity index (χ3n) is 4.43. The summed E-state index contributed by atoms with van der Waals surface area (Å²) in [4.78, 5) is 19.7. The zero-order valence-corrected chi connectivity index (χ0v) is 16.4. The molecule has 0 unspecified atom stereocenters. The number of hydrogen-bond donors (Lipinski definition) is 0. The summed E-state index contributed by atoms with van der Waals surface area (Å²) in [6.45, 7) is 11.0. The zero-order chi connectivity index (χ0) is 17.4. The number of nitrogens with zero attached hydrogens (tertiary/aromatic N) is 2. The number of thiophene rings is 1. The number of hydrogen-bond acceptors (Lipinski definition) is 4. The molecule has 0 fully saturated rings. The molecular formula is C19H22N2OS2. The van der Waals surface area contributed by atoms with E-state index in [2.05, 4.69) is 39.0 Å². The Morgan fingerprint density at radius 2 is 1.96 bits per heavy atom. The molecule has 0 amide bonds. The highest BCUT2D eigenvalue weighted by molar-refractivity contribution is 7.98. The Morgan fingerprint density at radius 1 is 1.21 bits per heavy atom. The normalized spacial score (nSPS) is 11.4. The second-order valence-electron chi connectivity index (χ2n) is 6.13. The van der Waals surface area contributed by atoms with Gasteiger partial charge in [-0.2, -0.15) is 0 Å². The third kappa shape index (κ3) is 3.03. The van der Waals surface area contributed by atoms with Crippen LogP contribution in [0.2, 0.25) is 0 Å². The van der Waals surface area contributed by atoms with Gasteiger partial charge in [-0.3, -0.25) is 9.36 Å². The van der Waals surface area contributed by atoms with Crippen LogP contribution in [-0.4, -0.2) is 9.55 Å². The molecule has 3 rings (SSSR count). The average Bonchev–Trinajstić information content (AvgIpc) is 2.83. The lowest BCUT2D eigenvalue weighted by molar-refractivity contribution is 0.635. The van der Waals surface area contributed by atoms with Crippen molar-refractivity contribution >= 4 is 33.3 Å². The molecule has 0 atom stereocenters. The number of fused-ring (bicyclic) bond motifs is 1. The van der Waals surface area contributed by atoms with Crippen molar-refractivity contribution in [2.45, 2.75) is 52.1 Å². The van der Waals surface area contributed by atoms with Gasteiger partial charge in [-0.25, -0.2) is 4.98 Å². The second-order valence-corrected chi connectivity index (χ2v) is 8.27. The molecule has 0 radical (unpaired) electrons. The van der Waals surface area contributed by atoms with Crippen LogP contribution in [0.25, 0.3) is 10.2 Å². The summed E-state index contributed by atoms with van der Waals surface area (Å²) >= 11 is 3.27. The summed E-state index contributed by atoms with van der Waals surface area (Å²) in [5.74, 6) is 0.828. The Balaban J connectivity index is 2.03. The highest BCUT2D eigenvalue weighted by atomic mass is 32.2. The first-order chi connectivity index (χ1) is 11.4. The van der Waals surface area contributed by atoms with E-state index in [0.717, 1.165) is 26.7 Å². The minimum atomic E-state index is 0.0906. The fourth-order valence-electron chi connectivity index (χ4n) is 2.80. The van der Waals surface area contributed by atoms with E-state index < -0.39 is 0 Å². The Morgan fingerprint density at radius 3 is 2.67 bits per heavy atom. The summed E-state index contributed by atoms with van der Waals surface area (Å²) in [6.07, 6.45) is 0. The molecule has 0 N–H and O–H groups in total. The van der Waals surface area contributed by atoms with Gasteiger partial charge >= 0.3 is 0 Å². The van der Waals surface area contributed by atoms with Gasteiger partial charge in [0.1, 0.15) is 4.83 Å². The molecule has 0 saturated carbocycles. The topological polar surface area (TPSA) is 34.9 Å². The molecule has 3 nitrogen and oxygen atoms in total. The number of thioether (sulfide) groups is 1. The Bertz CT molecular complexity index is 970. The number of aromatic nitrogens is 2. The zero-order valence-electron chi connectivity index (χ0n) is 14.8. The van der Waals surface area contributed by atoms with Crippen LogP contribution < -0.4 is 5.56 Å². The van der Waals surface area contributed by atoms with Gasteiger partial charge in [0, 0.05) is 17.2 Å². The first-order valence-electron chi connectivity index (χ1n) is 8.11. The molecule has 5 heteroatoms. The molecular weight excluding hydrogens is 336 g/mol. The summed E-state index contributed by atoms with van der Waals surface area (Å²) < 4.78 is 1.80. The van der Waals surface area contributed by atoms with Gasteiger partial charge in [-0.05, 0) is 51.3 Å². The molecule has 126 valence electrons. The van der Waals surface area contributed by atoms with Crippen molar-refractivity contribution < 1.29 is 0 Å². The van der Waals surface area contributed by atoms with Crippen molar-refractivity contribution in [1.29, 1.82) is 0 Å². The predicted molar refractivity (Wildman–Crippen MR) is 105 cm³/mol. The standard InChI is InChI=1S/C19H22N2OS2/c1-6-21-18(22)16-13(4)14(5)24-17(16)20-19(21)23-10-15-9-11(2)7-8-12(15)3/h7-9H,6,10H2,1-5H3. The number of benzene rings is 1. The summed E-state index contributed by atoms with van der Waals surface area (Å²) in [7, 11) is 0. The SMILES string of the molecule is CCn1c(SCc2cc(C)ccc2C)nc2sc(C)c(C)c2c1=O. The molecule has 1 aromatic carbocycles. The highest BCUT2D eigenvalue weighted by Crippen LogP contribution is 2.29. The Hall–Kier alpha value is -1.59. The van der Waals surface area contributed by atoms with Crippen LogP contribution in [0.3, 0.4) is 0 Å². The highest BCUT2D eigenvalue weighted by Gasteiger charge is 2.16. The van der Waals surface area contributed by atoms with Crippen LogP contribution in [-0.2, 0) is 12.3 Å². The quantitative estimate of drug-likeness (QED) is 0.486. The predicted octanol–water partition coefficient (Wildman–Crippen LogP) is 5.00. The van der Waals surface area contributed by atoms with Gasteiger partial charge in [0.25, 0.3) is 5.56 Å². The van der Waals surface area contributed by atoms with Crippen molar-refractivity contribution in [2.75, 3.05) is 0 Å². The first kappa shape index (κ1) is 17.2. The van der Waals surface area contributed by atoms with Crippen LogP contribution in [0.4, 0.5) is 0 Å². The molecule has 0 bridgehead atoms. The van der Waals surface area contributed by atoms with E-state index in [4.69, 9.17) is 4.98 Å². The van der Waals surface area contributed by atoms with Crippen LogP contribution in [0.1, 0.15) is 34.1 Å². The maximum Gasteiger partial charge on any atom is 0.263 e. The van der Waals surface area contributed by atoms with E-state index in [9.17, 15) is 4.79 Å². The lowest BCUT2D eigenvalue weighted by Gasteiger charge is -2.11. The van der Waals surface area contributed by atoms with Gasteiger partial charge in [0.2, 0.25) is 0 Å². The first-order valence-corrected chi connectivity index (χ1v) is 9.92. The van der Waals surface area contributed by atoms with E-state index in [1.807, 2.05) is 13.8 Å². The summed E-state index contributed by atoms with van der Waals surface area (Å²) in [6, 6.07) is 6.50. The molecule has 3 aromatic rings. The molecule has 0 aliphatic carbocycles. The minimum absolute atomic E-state index is 0.0906. The maximum absolute atomic E-state index is 12.9. The fraction of sp³-hybridized carbons (Fsp3) is 0.368. The van der Waals surface area contributed by atoms with Crippen molar-refractivity contribution in [3.63, 3.8) is 0 Å². The van der Waals surface area contributed by atoms with Crippen molar-refractivity contribution in [3.05, 3.63) is 55.7 Å². The van der Waals surface area contributed by atoms with Crippen LogP contribution in [0.15, 0.2) is 28.2 Å². The molecule has 0 aliphatic rings. The van der Waals surface area contributed by atoms with E-state index >= 15 is 0 Å². The van der Waals surface area contributed by atoms with Crippen LogP contribution >= 0.6 is 23.1 Å². The monoisotopic (exact) mass is 358 g/mol. The third-order valence-corrected chi connectivity index (χ3v) is 6.56. The van der Waals surface area contributed by atoms with Gasteiger partial charge in [-0.1, -0.05) is 35.5 Å². The lowest BCUT2D eigenvalue weighted by atomic mass is 10.1. The van der Waals surface area contributed by atoms with Crippen molar-refractivity contribution in [2.24, 2.45) is 0 Å². The summed E-state index contributed by atoms with van der Waals surface area (Å²) in [5.41, 5.74) is 5.00. The smallest absolute Gasteiger partial charge is 0.263 e. The van der Waals surface area contributed by atoms with E-state index in [1.165, 1.54) is 21.6 Å². The van der Waals surface area contributed by atoms with Gasteiger partial charge in [0.15, 0.2) is 5.16 Å². The molecule has 0 spiro atoms. The molecule has 0 aliphatic heterocycles. The van der Waals surface area contributed by atoms with Gasteiger partial charge in [-0.15, -0.1) is 11.3 Å². The second kappa shape index (κ2) is 6.73. The average molecular weight is 359 g/mol. The van der Waals surface area contributed by atoms with E-state index in [-0.39, 0.29) is 5.56 Å². The largest absolute Gasteiger partial charge is 0.287 e. The number of aryl methyl sites for hydroxylation is 4. The van der Waals surface area contributed by atoms with E-state index in [1.54, 1.807) is 27.7 Å². The van der Waals surface area contributed by atoms with Crippen molar-refractivity contribution in [1.82, 2.24) is 9.55 Å². The Kier molecular flexibility index (Phi) is 4.83. The fourth-order valence-corrected chi connectivity index (χ4v) is 4.99. The molecule has 2 heterocycles. The molecule has 0 saturated heterocycles. The lowest BCUT2D eigenvalue weighted by Crippen LogP contribution is -2.22. The maximum atomic E-state index is 12.9. The number of rotatable bonds is 4. The van der Waals surface area contributed by atoms with Crippen LogP contribution in [0.5, 0.6) is 0 Å². The van der Waals surface area contributed by atoms with Crippen molar-refractivity contribution in [3.8, 4) is 0 Å². The van der Waals surface area contributed by atoms with Gasteiger partial charge < -0.3 is 0 Å². The molecule has 24 heavy (non-hydrogen) atoms. The molecule has 2 aromatic heterocycles. The minimum Gasteiger partial charge on any atom is -0.287 e.